The van der Waals surface area contributed by atoms with Crippen LogP contribution in [-0.4, -0.2) is 48.5 Å². The molecule has 0 unspecified atom stereocenters. The molecule has 0 amide bonds. The second-order valence-corrected chi connectivity index (χ2v) is 7.47. The smallest absolute Gasteiger partial charge is 0.224 e. The normalized spacial score (nSPS) is 19.2. The number of aliphatic hydroxyl groups excluding tert-OH is 2. The Kier molecular flexibility index (Phi) is 6.05. The van der Waals surface area contributed by atoms with E-state index >= 15 is 0 Å². The maximum atomic E-state index is 14.1. The highest BCUT2D eigenvalue weighted by Gasteiger charge is 2.21. The van der Waals surface area contributed by atoms with Gasteiger partial charge in [0.15, 0.2) is 5.65 Å². The third-order valence-electron chi connectivity index (χ3n) is 5.24. The number of nitrogens with one attached hydrogen (secondary N) is 2. The lowest BCUT2D eigenvalue weighted by atomic mass is 9.93. The van der Waals surface area contributed by atoms with E-state index < -0.39 is 11.6 Å². The van der Waals surface area contributed by atoms with Gasteiger partial charge in [-0.25, -0.2) is 18.7 Å². The van der Waals surface area contributed by atoms with Crippen molar-refractivity contribution in [2.75, 3.05) is 17.2 Å². The van der Waals surface area contributed by atoms with Crippen molar-refractivity contribution >= 4 is 28.7 Å². The molecule has 10 heteroatoms. The van der Waals surface area contributed by atoms with Crippen LogP contribution in [0.3, 0.4) is 0 Å². The Labute approximate surface area is 172 Å². The van der Waals surface area contributed by atoms with Gasteiger partial charge in [-0.1, -0.05) is 0 Å². The number of rotatable bonds is 7. The number of anilines is 3. The molecule has 160 valence electrons. The summed E-state index contributed by atoms with van der Waals surface area (Å²) >= 11 is 0. The van der Waals surface area contributed by atoms with Crippen molar-refractivity contribution in [2.45, 2.75) is 50.8 Å². The monoisotopic (exact) mass is 418 g/mol. The minimum atomic E-state index is -0.733. The van der Waals surface area contributed by atoms with Crippen molar-refractivity contribution in [2.24, 2.45) is 0 Å². The maximum absolute atomic E-state index is 14.1. The Balaban J connectivity index is 1.63. The first kappa shape index (κ1) is 20.4. The number of benzene rings is 1. The van der Waals surface area contributed by atoms with E-state index in [0.29, 0.717) is 36.0 Å². The topological polar surface area (TPSA) is 108 Å². The van der Waals surface area contributed by atoms with Gasteiger partial charge in [0.2, 0.25) is 11.9 Å². The van der Waals surface area contributed by atoms with Gasteiger partial charge in [0.05, 0.1) is 18.0 Å². The van der Waals surface area contributed by atoms with Gasteiger partial charge in [0, 0.05) is 25.3 Å². The number of aromatic nitrogens is 4. The van der Waals surface area contributed by atoms with Gasteiger partial charge in [-0.2, -0.15) is 4.98 Å². The Morgan fingerprint density at radius 2 is 1.93 bits per heavy atom. The summed E-state index contributed by atoms with van der Waals surface area (Å²) in [7, 11) is 0. The number of aryl methyl sites for hydroxylation is 1. The number of imidazole rings is 1. The van der Waals surface area contributed by atoms with Crippen LogP contribution in [0.4, 0.5) is 26.4 Å². The minimum Gasteiger partial charge on any atom is -0.396 e. The van der Waals surface area contributed by atoms with Gasteiger partial charge in [-0.05, 0) is 44.2 Å². The molecule has 1 fully saturated rings. The fraction of sp³-hybridized carbons (Fsp3) is 0.450. The Hall–Kier alpha value is -2.85. The molecule has 2 aromatic heterocycles. The zero-order chi connectivity index (χ0) is 21.1. The van der Waals surface area contributed by atoms with Gasteiger partial charge in [0.25, 0.3) is 0 Å². The molecule has 1 aliphatic rings. The molecule has 3 aromatic rings. The van der Waals surface area contributed by atoms with Crippen molar-refractivity contribution < 1.29 is 19.0 Å². The first-order chi connectivity index (χ1) is 14.5. The van der Waals surface area contributed by atoms with E-state index in [4.69, 9.17) is 0 Å². The van der Waals surface area contributed by atoms with Crippen LogP contribution in [0.2, 0.25) is 0 Å². The number of hydrogen-bond donors (Lipinski definition) is 4. The minimum absolute atomic E-state index is 0.0232. The molecular formula is C20H24F2N6O2. The van der Waals surface area contributed by atoms with E-state index in [1.54, 1.807) is 10.8 Å². The SMILES string of the molecule is OCCCn1c(Nc2ccc(F)cc2F)nc2cnc(N[C@H]3CC[C@H](O)CC3)nc21. The van der Waals surface area contributed by atoms with E-state index in [1.807, 2.05) is 0 Å². The number of fused-ring (bicyclic) bond motifs is 1. The zero-order valence-electron chi connectivity index (χ0n) is 16.4. The summed E-state index contributed by atoms with van der Waals surface area (Å²) < 4.78 is 29.0. The van der Waals surface area contributed by atoms with E-state index in [1.165, 1.54) is 6.07 Å². The van der Waals surface area contributed by atoms with Gasteiger partial charge in [-0.3, -0.25) is 4.57 Å². The third-order valence-corrected chi connectivity index (χ3v) is 5.24. The molecule has 4 rings (SSSR count). The molecule has 0 atom stereocenters. The summed E-state index contributed by atoms with van der Waals surface area (Å²) in [6, 6.07) is 3.45. The fourth-order valence-electron chi connectivity index (χ4n) is 3.64. The van der Waals surface area contributed by atoms with Crippen LogP contribution in [0.5, 0.6) is 0 Å². The van der Waals surface area contributed by atoms with E-state index in [0.717, 1.165) is 37.8 Å². The third kappa shape index (κ3) is 4.49. The summed E-state index contributed by atoms with van der Waals surface area (Å²) in [4.78, 5) is 13.4. The number of nitrogens with zero attached hydrogens (tertiary/aromatic N) is 4. The second-order valence-electron chi connectivity index (χ2n) is 7.47. The molecule has 0 spiro atoms. The highest BCUT2D eigenvalue weighted by atomic mass is 19.1. The summed E-state index contributed by atoms with van der Waals surface area (Å²) in [5.41, 5.74) is 1.15. The van der Waals surface area contributed by atoms with Crippen LogP contribution in [0.1, 0.15) is 32.1 Å². The highest BCUT2D eigenvalue weighted by Crippen LogP contribution is 2.26. The zero-order valence-corrected chi connectivity index (χ0v) is 16.4. The van der Waals surface area contributed by atoms with Crippen LogP contribution in [0.15, 0.2) is 24.4 Å². The van der Waals surface area contributed by atoms with Crippen molar-refractivity contribution in [3.8, 4) is 0 Å². The highest BCUT2D eigenvalue weighted by molar-refractivity contribution is 5.76. The second kappa shape index (κ2) is 8.88. The standard InChI is InChI=1S/C20H24F2N6O2/c21-12-2-7-16(15(22)10-12)25-20-26-17-11-23-19(24-13-3-5-14(30)6-4-13)27-18(17)28(20)8-1-9-29/h2,7,10-11,13-14,29-30H,1,3-6,8-9H2,(H,25,26)(H,23,24,27)/t13-,14-. The molecule has 2 heterocycles. The lowest BCUT2D eigenvalue weighted by Crippen LogP contribution is -2.28. The molecule has 1 saturated carbocycles. The average molecular weight is 418 g/mol. The van der Waals surface area contributed by atoms with Crippen LogP contribution in [0, 0.1) is 11.6 Å². The van der Waals surface area contributed by atoms with E-state index in [9.17, 15) is 19.0 Å². The average Bonchev–Trinajstić information content (AvgIpc) is 3.06. The fourth-order valence-corrected chi connectivity index (χ4v) is 3.64. The Morgan fingerprint density at radius 3 is 2.67 bits per heavy atom. The maximum Gasteiger partial charge on any atom is 0.224 e. The number of hydrogen-bond acceptors (Lipinski definition) is 7. The molecule has 1 aliphatic carbocycles. The summed E-state index contributed by atoms with van der Waals surface area (Å²) in [5.74, 6) is -0.614. The molecule has 1 aromatic carbocycles. The molecule has 30 heavy (non-hydrogen) atoms. The molecular weight excluding hydrogens is 394 g/mol. The van der Waals surface area contributed by atoms with Crippen molar-refractivity contribution in [3.05, 3.63) is 36.0 Å². The number of aliphatic hydroxyl groups is 2. The van der Waals surface area contributed by atoms with Crippen LogP contribution >= 0.6 is 0 Å². The summed E-state index contributed by atoms with van der Waals surface area (Å²) in [6.07, 6.45) is 4.96. The van der Waals surface area contributed by atoms with E-state index in [-0.39, 0.29) is 24.4 Å². The van der Waals surface area contributed by atoms with Crippen LogP contribution in [0.25, 0.3) is 11.2 Å². The van der Waals surface area contributed by atoms with Crippen molar-refractivity contribution in [1.82, 2.24) is 19.5 Å². The lowest BCUT2D eigenvalue weighted by molar-refractivity contribution is 0.126. The van der Waals surface area contributed by atoms with Gasteiger partial charge in [-0.15, -0.1) is 0 Å². The lowest BCUT2D eigenvalue weighted by Gasteiger charge is -2.26. The van der Waals surface area contributed by atoms with Crippen LogP contribution in [-0.2, 0) is 6.54 Å². The molecule has 0 bridgehead atoms. The predicted octanol–water partition coefficient (Wildman–Crippen LogP) is 2.95. The molecule has 0 aliphatic heterocycles. The quantitative estimate of drug-likeness (QED) is 0.467. The first-order valence-corrected chi connectivity index (χ1v) is 10.0. The first-order valence-electron chi connectivity index (χ1n) is 10.0. The van der Waals surface area contributed by atoms with Gasteiger partial charge in [0.1, 0.15) is 17.2 Å². The van der Waals surface area contributed by atoms with Gasteiger partial charge < -0.3 is 20.8 Å². The number of halogens is 2. The predicted molar refractivity (Wildman–Crippen MR) is 109 cm³/mol. The van der Waals surface area contributed by atoms with Crippen molar-refractivity contribution in [3.63, 3.8) is 0 Å². The van der Waals surface area contributed by atoms with E-state index in [2.05, 4.69) is 25.6 Å². The summed E-state index contributed by atoms with van der Waals surface area (Å²) in [5, 5.41) is 25.1. The Bertz CT molecular complexity index is 1020. The van der Waals surface area contributed by atoms with Crippen molar-refractivity contribution in [1.29, 1.82) is 0 Å². The molecule has 0 saturated heterocycles. The largest absolute Gasteiger partial charge is 0.396 e. The summed E-state index contributed by atoms with van der Waals surface area (Å²) in [6.45, 7) is 0.384. The van der Waals surface area contributed by atoms with Crippen LogP contribution < -0.4 is 10.6 Å². The molecule has 8 nitrogen and oxygen atoms in total. The molecule has 0 radical (unpaired) electrons. The molecule has 4 N–H and O–H groups in total. The Morgan fingerprint density at radius 1 is 1.13 bits per heavy atom. The van der Waals surface area contributed by atoms with Gasteiger partial charge >= 0.3 is 0 Å².